The fraction of sp³-hybridized carbons (Fsp3) is 0.682. The summed E-state index contributed by atoms with van der Waals surface area (Å²) in [6.45, 7) is 3.98. The van der Waals surface area contributed by atoms with E-state index in [1.165, 1.54) is 12.8 Å². The third-order valence-corrected chi connectivity index (χ3v) is 7.67. The number of hydrogen-bond acceptors (Lipinski definition) is 5. The van der Waals surface area contributed by atoms with Gasteiger partial charge >= 0.3 is 0 Å². The molecule has 1 heterocycles. The minimum Gasteiger partial charge on any atom is -0.504 e. The molecule has 0 aromatic heterocycles. The summed E-state index contributed by atoms with van der Waals surface area (Å²) < 4.78 is 6.11. The van der Waals surface area contributed by atoms with Gasteiger partial charge < -0.3 is 19.8 Å². The smallest absolute Gasteiger partial charge is 0.174 e. The average molecular weight is 371 g/mol. The summed E-state index contributed by atoms with van der Waals surface area (Å²) in [5, 5.41) is 22.4. The molecule has 0 amide bonds. The van der Waals surface area contributed by atoms with Crippen LogP contribution in [0.3, 0.4) is 0 Å². The molecule has 2 saturated carbocycles. The highest BCUT2D eigenvalue weighted by Gasteiger charge is 2.69. The lowest BCUT2D eigenvalue weighted by Gasteiger charge is -2.56. The molecule has 5 heteroatoms. The number of ketones is 1. The molecule has 0 saturated heterocycles. The Morgan fingerprint density at radius 1 is 1.33 bits per heavy atom. The number of hydrogen-bond donors (Lipinski definition) is 2. The second-order valence-electron chi connectivity index (χ2n) is 9.37. The van der Waals surface area contributed by atoms with Crippen LogP contribution in [0.4, 0.5) is 0 Å². The summed E-state index contributed by atoms with van der Waals surface area (Å²) in [5.41, 5.74) is 0.294. The van der Waals surface area contributed by atoms with Crippen LogP contribution in [0, 0.1) is 11.8 Å². The lowest BCUT2D eigenvalue weighted by atomic mass is 9.49. The highest BCUT2D eigenvalue weighted by molar-refractivity contribution is 5.89. The molecule has 2 N–H and O–H groups in total. The van der Waals surface area contributed by atoms with E-state index in [9.17, 15) is 15.0 Å². The molecular weight excluding hydrogens is 342 g/mol. The van der Waals surface area contributed by atoms with Crippen LogP contribution in [-0.2, 0) is 16.6 Å². The van der Waals surface area contributed by atoms with Crippen LogP contribution in [0.5, 0.6) is 11.5 Å². The van der Waals surface area contributed by atoms with Gasteiger partial charge in [0.2, 0.25) is 0 Å². The molecular formula is C22H29NO4. The number of benzene rings is 1. The van der Waals surface area contributed by atoms with Gasteiger partial charge in [0.25, 0.3) is 0 Å². The normalized spacial score (nSPS) is 36.7. The lowest BCUT2D eigenvalue weighted by Crippen LogP contribution is -2.68. The van der Waals surface area contributed by atoms with Gasteiger partial charge in [0, 0.05) is 18.5 Å². The Morgan fingerprint density at radius 3 is 2.85 bits per heavy atom. The lowest BCUT2D eigenvalue weighted by molar-refractivity contribution is -0.165. The number of Topliss-reactive ketones (excluding diaryl/α,β-unsaturated/α-hetero) is 1. The largest absolute Gasteiger partial charge is 0.504 e. The number of carbonyl (C=O) groups is 1. The highest BCUT2D eigenvalue weighted by atomic mass is 16.5. The molecule has 0 spiro atoms. The van der Waals surface area contributed by atoms with Crippen molar-refractivity contribution in [2.45, 2.75) is 62.6 Å². The maximum atomic E-state index is 12.9. The molecule has 0 bridgehead atoms. The van der Waals surface area contributed by atoms with Crippen LogP contribution in [-0.4, -0.2) is 52.7 Å². The molecule has 5 nitrogen and oxygen atoms in total. The minimum atomic E-state index is -0.974. The maximum Gasteiger partial charge on any atom is 0.174 e. The van der Waals surface area contributed by atoms with Gasteiger partial charge in [0.15, 0.2) is 23.4 Å². The van der Waals surface area contributed by atoms with Crippen LogP contribution in [0.1, 0.15) is 50.2 Å². The Morgan fingerprint density at radius 2 is 2.11 bits per heavy atom. The second-order valence-corrected chi connectivity index (χ2v) is 9.37. The molecule has 3 aliphatic carbocycles. The molecule has 27 heavy (non-hydrogen) atoms. The molecule has 1 aromatic carbocycles. The third-order valence-electron chi connectivity index (χ3n) is 7.67. The van der Waals surface area contributed by atoms with Crippen molar-refractivity contribution in [3.05, 3.63) is 23.3 Å². The molecule has 0 unspecified atom stereocenters. The van der Waals surface area contributed by atoms with Crippen molar-refractivity contribution >= 4 is 5.78 Å². The Kier molecular flexibility index (Phi) is 3.70. The van der Waals surface area contributed by atoms with Crippen LogP contribution in [0.2, 0.25) is 0 Å². The van der Waals surface area contributed by atoms with Gasteiger partial charge in [-0.25, -0.2) is 0 Å². The van der Waals surface area contributed by atoms with Crippen molar-refractivity contribution in [2.24, 2.45) is 11.8 Å². The first-order valence-corrected chi connectivity index (χ1v) is 10.3. The monoisotopic (exact) mass is 371 g/mol. The van der Waals surface area contributed by atoms with E-state index in [0.717, 1.165) is 36.6 Å². The van der Waals surface area contributed by atoms with Crippen molar-refractivity contribution in [3.63, 3.8) is 0 Å². The zero-order valence-electron chi connectivity index (χ0n) is 16.2. The second kappa shape index (κ2) is 5.71. The van der Waals surface area contributed by atoms with Crippen molar-refractivity contribution < 1.29 is 19.7 Å². The van der Waals surface area contributed by atoms with Crippen LogP contribution in [0.25, 0.3) is 0 Å². The Labute approximate surface area is 160 Å². The van der Waals surface area contributed by atoms with Gasteiger partial charge in [0.1, 0.15) is 0 Å². The predicted molar refractivity (Wildman–Crippen MR) is 101 cm³/mol. The fourth-order valence-corrected chi connectivity index (χ4v) is 6.05. The Hall–Kier alpha value is -1.59. The van der Waals surface area contributed by atoms with E-state index < -0.39 is 17.1 Å². The van der Waals surface area contributed by atoms with E-state index in [1.807, 2.05) is 6.07 Å². The summed E-state index contributed by atoms with van der Waals surface area (Å²) in [4.78, 5) is 15.2. The molecule has 4 aliphatic rings. The first-order chi connectivity index (χ1) is 12.9. The molecule has 1 aromatic rings. The number of phenols is 1. The molecule has 1 aliphatic heterocycles. The van der Waals surface area contributed by atoms with Crippen LogP contribution >= 0.6 is 0 Å². The van der Waals surface area contributed by atoms with Gasteiger partial charge in [-0.1, -0.05) is 13.0 Å². The fourth-order valence-electron chi connectivity index (χ4n) is 6.05. The van der Waals surface area contributed by atoms with E-state index in [-0.39, 0.29) is 17.5 Å². The molecule has 146 valence electrons. The van der Waals surface area contributed by atoms with Gasteiger partial charge in [0.05, 0.1) is 11.0 Å². The van der Waals surface area contributed by atoms with Crippen LogP contribution in [0.15, 0.2) is 12.1 Å². The number of aliphatic hydroxyl groups is 1. The Bertz CT molecular complexity index is 804. The van der Waals surface area contributed by atoms with Crippen LogP contribution < -0.4 is 4.74 Å². The van der Waals surface area contributed by atoms with E-state index in [0.29, 0.717) is 25.0 Å². The van der Waals surface area contributed by atoms with Crippen molar-refractivity contribution in [1.29, 1.82) is 0 Å². The van der Waals surface area contributed by atoms with E-state index in [4.69, 9.17) is 4.74 Å². The Balaban J connectivity index is 1.62. The highest BCUT2D eigenvalue weighted by Crippen LogP contribution is 2.63. The number of phenolic OH excluding ortho intramolecular Hbond substituents is 1. The third kappa shape index (κ3) is 2.27. The average Bonchev–Trinajstić information content (AvgIpc) is 3.36. The summed E-state index contributed by atoms with van der Waals surface area (Å²) in [7, 11) is 2.13. The predicted octanol–water partition coefficient (Wildman–Crippen LogP) is 2.41. The van der Waals surface area contributed by atoms with Gasteiger partial charge in [-0.15, -0.1) is 0 Å². The molecule has 0 radical (unpaired) electrons. The zero-order chi connectivity index (χ0) is 19.0. The van der Waals surface area contributed by atoms with E-state index in [1.54, 1.807) is 6.07 Å². The standard InChI is InChI=1S/C22H29NO4/c1-13-11-15-5-6-16(24)19-18(15)21(9-10-23(2)12-14-3-4-14)20(27-19)17(25)7-8-22(13,21)26/h5-6,13-14,20,24,26H,3-4,7-12H2,1-2H3/t13-,20+,21+,22-/m1/s1. The van der Waals surface area contributed by atoms with Crippen molar-refractivity contribution in [1.82, 2.24) is 4.90 Å². The van der Waals surface area contributed by atoms with Crippen molar-refractivity contribution in [2.75, 3.05) is 20.1 Å². The zero-order valence-corrected chi connectivity index (χ0v) is 16.2. The number of rotatable bonds is 5. The topological polar surface area (TPSA) is 70.0 Å². The number of nitrogens with zero attached hydrogens (tertiary/aromatic N) is 1. The van der Waals surface area contributed by atoms with Gasteiger partial charge in [-0.3, -0.25) is 4.79 Å². The summed E-state index contributed by atoms with van der Waals surface area (Å²) in [6, 6.07) is 3.62. The first kappa shape index (κ1) is 17.5. The van der Waals surface area contributed by atoms with Crippen molar-refractivity contribution in [3.8, 4) is 11.5 Å². The molecule has 4 atom stereocenters. The summed E-state index contributed by atoms with van der Waals surface area (Å²) in [6.07, 6.45) is 4.18. The van der Waals surface area contributed by atoms with Gasteiger partial charge in [-0.05, 0) is 69.2 Å². The minimum absolute atomic E-state index is 0.0495. The first-order valence-electron chi connectivity index (χ1n) is 10.3. The number of ether oxygens (including phenoxy) is 1. The maximum absolute atomic E-state index is 12.9. The molecule has 5 rings (SSSR count). The quantitative estimate of drug-likeness (QED) is 0.832. The number of aromatic hydroxyl groups is 1. The van der Waals surface area contributed by atoms with E-state index >= 15 is 0 Å². The number of carbonyl (C=O) groups excluding carboxylic acids is 1. The molecule has 2 fully saturated rings. The van der Waals surface area contributed by atoms with Gasteiger partial charge in [-0.2, -0.15) is 0 Å². The van der Waals surface area contributed by atoms with E-state index in [2.05, 4.69) is 18.9 Å². The summed E-state index contributed by atoms with van der Waals surface area (Å²) in [5.74, 6) is 1.42. The SMILES string of the molecule is C[C@@H]1Cc2ccc(O)c3c2[C@@]2(CCN(C)CC4CC4)[C@@H](O3)C(=O)CC[C@@]12O. The summed E-state index contributed by atoms with van der Waals surface area (Å²) >= 11 is 0.